The number of nitrogens with zero attached hydrogens (tertiary/aromatic N) is 2. The Bertz CT molecular complexity index is 249. The number of ether oxygens (including phenoxy) is 1. The van der Waals surface area contributed by atoms with Crippen LogP contribution in [0.15, 0.2) is 0 Å². The number of hydrogen-bond donors (Lipinski definition) is 1. The van der Waals surface area contributed by atoms with Crippen LogP contribution in [0.1, 0.15) is 33.6 Å². The van der Waals surface area contributed by atoms with Crippen molar-refractivity contribution in [1.29, 1.82) is 5.26 Å². The lowest BCUT2D eigenvalue weighted by Crippen LogP contribution is -2.46. The summed E-state index contributed by atoms with van der Waals surface area (Å²) in [6.45, 7) is 8.97. The predicted octanol–water partition coefficient (Wildman–Crippen LogP) is 1.12. The average molecular weight is 225 g/mol. The Morgan fingerprint density at radius 2 is 2.00 bits per heavy atom. The van der Waals surface area contributed by atoms with Crippen molar-refractivity contribution in [3.05, 3.63) is 0 Å². The third kappa shape index (κ3) is 4.48. The van der Waals surface area contributed by atoms with Crippen LogP contribution < -0.4 is 5.73 Å². The molecule has 1 fully saturated rings. The lowest BCUT2D eigenvalue weighted by molar-refractivity contribution is -0.0682. The molecule has 0 saturated carbocycles. The highest BCUT2D eigenvalue weighted by atomic mass is 16.5. The van der Waals surface area contributed by atoms with Gasteiger partial charge < -0.3 is 10.5 Å². The molecule has 0 bridgehead atoms. The summed E-state index contributed by atoms with van der Waals surface area (Å²) in [5.74, 6) is 0. The first kappa shape index (κ1) is 13.4. The van der Waals surface area contributed by atoms with Crippen molar-refractivity contribution in [2.45, 2.75) is 51.4 Å². The summed E-state index contributed by atoms with van der Waals surface area (Å²) < 4.78 is 5.67. The van der Waals surface area contributed by atoms with E-state index in [4.69, 9.17) is 15.7 Å². The van der Waals surface area contributed by atoms with Crippen molar-refractivity contribution in [3.8, 4) is 6.07 Å². The molecule has 92 valence electrons. The van der Waals surface area contributed by atoms with Crippen LogP contribution >= 0.6 is 0 Å². The molecule has 16 heavy (non-hydrogen) atoms. The largest absolute Gasteiger partial charge is 0.373 e. The second-order valence-corrected chi connectivity index (χ2v) is 5.15. The second-order valence-electron chi connectivity index (χ2n) is 5.15. The maximum atomic E-state index is 8.81. The quantitative estimate of drug-likeness (QED) is 0.778. The number of nitrogens with two attached hydrogens (primary N) is 1. The monoisotopic (exact) mass is 225 g/mol. The van der Waals surface area contributed by atoms with Gasteiger partial charge in [0.25, 0.3) is 0 Å². The lowest BCUT2D eigenvalue weighted by atomic mass is 9.99. The summed E-state index contributed by atoms with van der Waals surface area (Å²) in [5, 5.41) is 8.81. The molecule has 2 N–H and O–H groups in total. The zero-order chi connectivity index (χ0) is 12.2. The van der Waals surface area contributed by atoms with E-state index in [1.165, 1.54) is 0 Å². The van der Waals surface area contributed by atoms with E-state index in [9.17, 15) is 0 Å². The molecule has 1 saturated heterocycles. The molecule has 3 atom stereocenters. The van der Waals surface area contributed by atoms with Gasteiger partial charge in [-0.25, -0.2) is 0 Å². The van der Waals surface area contributed by atoms with E-state index < -0.39 is 5.54 Å². The summed E-state index contributed by atoms with van der Waals surface area (Å²) in [4.78, 5) is 2.40. The molecule has 0 amide bonds. The molecule has 0 aromatic rings. The SMILES string of the molecule is CC1CN(CCCC(C)(N)C#N)CC(C)O1. The van der Waals surface area contributed by atoms with Gasteiger partial charge in [-0.2, -0.15) is 5.26 Å². The van der Waals surface area contributed by atoms with Crippen LogP contribution in [0.2, 0.25) is 0 Å². The Balaban J connectivity index is 2.25. The summed E-state index contributed by atoms with van der Waals surface area (Å²) in [6.07, 6.45) is 2.34. The Labute approximate surface area is 98.4 Å². The first-order chi connectivity index (χ1) is 7.43. The molecule has 4 heteroatoms. The molecular formula is C12H23N3O. The van der Waals surface area contributed by atoms with Crippen LogP contribution in [-0.2, 0) is 4.74 Å². The van der Waals surface area contributed by atoms with E-state index in [1.54, 1.807) is 6.92 Å². The van der Waals surface area contributed by atoms with Gasteiger partial charge >= 0.3 is 0 Å². The summed E-state index contributed by atoms with van der Waals surface area (Å²) in [6, 6.07) is 2.13. The Kier molecular flexibility index (Phi) is 4.72. The van der Waals surface area contributed by atoms with Crippen molar-refractivity contribution in [1.82, 2.24) is 4.90 Å². The van der Waals surface area contributed by atoms with Crippen LogP contribution in [0.25, 0.3) is 0 Å². The number of rotatable bonds is 4. The maximum Gasteiger partial charge on any atom is 0.101 e. The number of nitriles is 1. The van der Waals surface area contributed by atoms with Gasteiger partial charge in [0.05, 0.1) is 18.3 Å². The number of morpholine rings is 1. The molecule has 4 nitrogen and oxygen atoms in total. The Hall–Kier alpha value is -0.630. The molecule has 1 aliphatic heterocycles. The smallest absolute Gasteiger partial charge is 0.101 e. The summed E-state index contributed by atoms with van der Waals surface area (Å²) >= 11 is 0. The highest BCUT2D eigenvalue weighted by Crippen LogP contribution is 2.13. The van der Waals surface area contributed by atoms with Crippen LogP contribution in [0, 0.1) is 11.3 Å². The van der Waals surface area contributed by atoms with E-state index in [0.29, 0.717) is 12.2 Å². The van der Waals surface area contributed by atoms with E-state index >= 15 is 0 Å². The number of hydrogen-bond acceptors (Lipinski definition) is 4. The molecule has 0 aromatic carbocycles. The highest BCUT2D eigenvalue weighted by molar-refractivity contribution is 5.00. The van der Waals surface area contributed by atoms with Crippen LogP contribution in [0.4, 0.5) is 0 Å². The Morgan fingerprint density at radius 1 is 1.44 bits per heavy atom. The zero-order valence-corrected chi connectivity index (χ0v) is 10.6. The molecule has 0 spiro atoms. The van der Waals surface area contributed by atoms with E-state index in [-0.39, 0.29) is 0 Å². The molecule has 1 heterocycles. The van der Waals surface area contributed by atoms with Crippen LogP contribution in [-0.4, -0.2) is 42.3 Å². The topological polar surface area (TPSA) is 62.3 Å². The van der Waals surface area contributed by atoms with Crippen molar-refractivity contribution in [2.75, 3.05) is 19.6 Å². The average Bonchev–Trinajstić information content (AvgIpc) is 2.16. The fourth-order valence-electron chi connectivity index (χ4n) is 2.19. The van der Waals surface area contributed by atoms with E-state index in [1.807, 2.05) is 0 Å². The fraction of sp³-hybridized carbons (Fsp3) is 0.917. The Morgan fingerprint density at radius 3 is 2.50 bits per heavy atom. The van der Waals surface area contributed by atoms with Gasteiger partial charge in [-0.1, -0.05) is 0 Å². The highest BCUT2D eigenvalue weighted by Gasteiger charge is 2.23. The minimum atomic E-state index is -0.677. The van der Waals surface area contributed by atoms with Crippen LogP contribution in [0.3, 0.4) is 0 Å². The van der Waals surface area contributed by atoms with Crippen molar-refractivity contribution < 1.29 is 4.74 Å². The molecular weight excluding hydrogens is 202 g/mol. The van der Waals surface area contributed by atoms with Crippen LogP contribution in [0.5, 0.6) is 0 Å². The van der Waals surface area contributed by atoms with Gasteiger partial charge in [-0.3, -0.25) is 4.90 Å². The maximum absolute atomic E-state index is 8.81. The minimum absolute atomic E-state index is 0.309. The summed E-state index contributed by atoms with van der Waals surface area (Å²) in [7, 11) is 0. The van der Waals surface area contributed by atoms with Gasteiger partial charge in [-0.15, -0.1) is 0 Å². The van der Waals surface area contributed by atoms with Crippen molar-refractivity contribution in [3.63, 3.8) is 0 Å². The van der Waals surface area contributed by atoms with Gasteiger partial charge in [0.1, 0.15) is 5.54 Å². The molecule has 0 aliphatic carbocycles. The molecule has 0 radical (unpaired) electrons. The van der Waals surface area contributed by atoms with Gasteiger partial charge in [0.15, 0.2) is 0 Å². The van der Waals surface area contributed by atoms with Gasteiger partial charge in [0, 0.05) is 13.1 Å². The first-order valence-corrected chi connectivity index (χ1v) is 6.01. The third-order valence-corrected chi connectivity index (χ3v) is 2.92. The zero-order valence-electron chi connectivity index (χ0n) is 10.6. The van der Waals surface area contributed by atoms with Gasteiger partial charge in [-0.05, 0) is 40.2 Å². The minimum Gasteiger partial charge on any atom is -0.373 e. The van der Waals surface area contributed by atoms with Crippen molar-refractivity contribution >= 4 is 0 Å². The normalized spacial score (nSPS) is 30.7. The standard InChI is InChI=1S/C12H23N3O/c1-10-7-15(8-11(2)16-10)6-4-5-12(3,14)9-13/h10-11H,4-8,14H2,1-3H3. The van der Waals surface area contributed by atoms with E-state index in [0.717, 1.165) is 32.5 Å². The third-order valence-electron chi connectivity index (χ3n) is 2.92. The summed E-state index contributed by atoms with van der Waals surface area (Å²) in [5.41, 5.74) is 5.10. The second kappa shape index (κ2) is 5.62. The molecule has 1 rings (SSSR count). The molecule has 1 aliphatic rings. The lowest BCUT2D eigenvalue weighted by Gasteiger charge is -2.35. The van der Waals surface area contributed by atoms with Gasteiger partial charge in [0.2, 0.25) is 0 Å². The van der Waals surface area contributed by atoms with E-state index in [2.05, 4.69) is 24.8 Å². The van der Waals surface area contributed by atoms with Crippen molar-refractivity contribution in [2.24, 2.45) is 5.73 Å². The fourth-order valence-corrected chi connectivity index (χ4v) is 2.19. The molecule has 0 aromatic heterocycles. The predicted molar refractivity (Wildman–Crippen MR) is 63.9 cm³/mol. The molecule has 3 unspecified atom stereocenters. The first-order valence-electron chi connectivity index (χ1n) is 6.01.